The molecule has 1 fully saturated rings. The number of carbonyl (C=O) groups excluding carboxylic acids is 2. The number of hydrogen-bond acceptors (Lipinski definition) is 4. The summed E-state index contributed by atoms with van der Waals surface area (Å²) >= 11 is 0. The average molecular weight is 277 g/mol. The van der Waals surface area contributed by atoms with Gasteiger partial charge in [0.1, 0.15) is 12.6 Å². The highest BCUT2D eigenvalue weighted by atomic mass is 16.6. The molecule has 0 bridgehead atoms. The number of benzene rings is 1. The molecule has 1 aliphatic rings. The number of cyclic esters (lactones) is 1. The number of rotatable bonds is 4. The molecule has 0 unspecified atom stereocenters. The Morgan fingerprint density at radius 1 is 1.40 bits per heavy atom. The topological polar surface area (TPSA) is 61.9 Å². The van der Waals surface area contributed by atoms with Crippen LogP contribution in [-0.2, 0) is 16.1 Å². The molecule has 108 valence electrons. The molecule has 0 radical (unpaired) electrons. The van der Waals surface area contributed by atoms with Crippen LogP contribution < -0.4 is 10.2 Å². The van der Waals surface area contributed by atoms with Gasteiger partial charge in [0, 0.05) is 33.4 Å². The molecule has 0 aliphatic carbocycles. The zero-order chi connectivity index (χ0) is 14.7. The minimum absolute atomic E-state index is 0.112. The van der Waals surface area contributed by atoms with E-state index in [4.69, 9.17) is 4.74 Å². The fourth-order valence-corrected chi connectivity index (χ4v) is 1.96. The van der Waals surface area contributed by atoms with Gasteiger partial charge in [-0.05, 0) is 17.7 Å². The largest absolute Gasteiger partial charge is 0.447 e. The van der Waals surface area contributed by atoms with E-state index < -0.39 is 12.1 Å². The first-order valence-electron chi connectivity index (χ1n) is 6.42. The monoisotopic (exact) mass is 277 g/mol. The van der Waals surface area contributed by atoms with Crippen molar-refractivity contribution in [1.82, 2.24) is 10.2 Å². The third kappa shape index (κ3) is 3.01. The SMILES string of the molecule is CN(C)c1ccc(CNC(=O)[C@@H]2COC(=O)N2C)cc1. The van der Waals surface area contributed by atoms with Crippen molar-refractivity contribution in [1.29, 1.82) is 0 Å². The van der Waals surface area contributed by atoms with Crippen LogP contribution in [0.3, 0.4) is 0 Å². The number of amides is 2. The smallest absolute Gasteiger partial charge is 0.410 e. The number of ether oxygens (including phenoxy) is 1. The molecule has 1 aromatic rings. The maximum absolute atomic E-state index is 12.0. The van der Waals surface area contributed by atoms with E-state index in [1.54, 1.807) is 7.05 Å². The molecule has 6 nitrogen and oxygen atoms in total. The first kappa shape index (κ1) is 14.2. The van der Waals surface area contributed by atoms with Crippen molar-refractivity contribution in [3.05, 3.63) is 29.8 Å². The fraction of sp³-hybridized carbons (Fsp3) is 0.429. The second-order valence-electron chi connectivity index (χ2n) is 4.98. The molecule has 20 heavy (non-hydrogen) atoms. The van der Waals surface area contributed by atoms with E-state index in [-0.39, 0.29) is 12.5 Å². The third-order valence-corrected chi connectivity index (χ3v) is 3.34. The van der Waals surface area contributed by atoms with Gasteiger partial charge in [0.15, 0.2) is 0 Å². The van der Waals surface area contributed by atoms with Crippen LogP contribution in [0, 0.1) is 0 Å². The van der Waals surface area contributed by atoms with Crippen molar-refractivity contribution < 1.29 is 14.3 Å². The molecule has 0 spiro atoms. The van der Waals surface area contributed by atoms with Crippen LogP contribution >= 0.6 is 0 Å². The third-order valence-electron chi connectivity index (χ3n) is 3.34. The minimum Gasteiger partial charge on any atom is -0.447 e. The van der Waals surface area contributed by atoms with Crippen LogP contribution in [0.15, 0.2) is 24.3 Å². The Hall–Kier alpha value is -2.24. The minimum atomic E-state index is -0.538. The highest BCUT2D eigenvalue weighted by molar-refractivity contribution is 5.87. The van der Waals surface area contributed by atoms with Gasteiger partial charge in [0.2, 0.25) is 5.91 Å². The lowest BCUT2D eigenvalue weighted by Gasteiger charge is -2.16. The van der Waals surface area contributed by atoms with Crippen LogP contribution in [-0.4, -0.2) is 50.7 Å². The molecular weight excluding hydrogens is 258 g/mol. The predicted molar refractivity (Wildman–Crippen MR) is 75.5 cm³/mol. The number of nitrogens with one attached hydrogen (secondary N) is 1. The lowest BCUT2D eigenvalue weighted by Crippen LogP contribution is -2.43. The van der Waals surface area contributed by atoms with E-state index in [0.29, 0.717) is 6.54 Å². The predicted octanol–water partition coefficient (Wildman–Crippen LogP) is 0.819. The first-order chi connectivity index (χ1) is 9.49. The van der Waals surface area contributed by atoms with E-state index in [2.05, 4.69) is 5.32 Å². The fourth-order valence-electron chi connectivity index (χ4n) is 1.96. The van der Waals surface area contributed by atoms with Crippen molar-refractivity contribution in [2.45, 2.75) is 12.6 Å². The molecule has 1 heterocycles. The van der Waals surface area contributed by atoms with Crippen molar-refractivity contribution in [2.24, 2.45) is 0 Å². The average Bonchev–Trinajstić information content (AvgIpc) is 2.77. The number of hydrogen-bond donors (Lipinski definition) is 1. The number of anilines is 1. The van der Waals surface area contributed by atoms with Gasteiger partial charge in [-0.2, -0.15) is 0 Å². The van der Waals surface area contributed by atoms with Crippen LogP contribution in [0.25, 0.3) is 0 Å². The molecule has 1 N–H and O–H groups in total. The second-order valence-corrected chi connectivity index (χ2v) is 4.98. The summed E-state index contributed by atoms with van der Waals surface area (Å²) in [5.74, 6) is -0.199. The maximum atomic E-state index is 12.0. The van der Waals surface area contributed by atoms with E-state index >= 15 is 0 Å². The van der Waals surface area contributed by atoms with Crippen LogP contribution in [0.1, 0.15) is 5.56 Å². The van der Waals surface area contributed by atoms with Gasteiger partial charge in [-0.1, -0.05) is 12.1 Å². The standard InChI is InChI=1S/C14H19N3O3/c1-16(2)11-6-4-10(5-7-11)8-15-13(18)12-9-20-14(19)17(12)3/h4-7,12H,8-9H2,1-3H3,(H,15,18)/t12-/m0/s1. The Bertz CT molecular complexity index is 499. The van der Waals surface area contributed by atoms with Crippen molar-refractivity contribution >= 4 is 17.7 Å². The Balaban J connectivity index is 1.89. The Labute approximate surface area is 118 Å². The molecule has 1 aromatic carbocycles. The number of nitrogens with zero attached hydrogens (tertiary/aromatic N) is 2. The molecule has 2 rings (SSSR count). The molecule has 1 saturated heterocycles. The van der Waals surface area contributed by atoms with Gasteiger partial charge in [0.05, 0.1) is 0 Å². The highest BCUT2D eigenvalue weighted by Gasteiger charge is 2.34. The summed E-state index contributed by atoms with van der Waals surface area (Å²) in [5, 5.41) is 2.81. The second kappa shape index (κ2) is 5.81. The normalized spacial score (nSPS) is 17.9. The Kier molecular flexibility index (Phi) is 4.12. The molecule has 0 aromatic heterocycles. The highest BCUT2D eigenvalue weighted by Crippen LogP contribution is 2.13. The first-order valence-corrected chi connectivity index (χ1v) is 6.42. The number of likely N-dealkylation sites (N-methyl/N-ethyl adjacent to an activating group) is 1. The molecule has 1 aliphatic heterocycles. The van der Waals surface area contributed by atoms with E-state index in [9.17, 15) is 9.59 Å². The van der Waals surface area contributed by atoms with E-state index in [0.717, 1.165) is 11.3 Å². The summed E-state index contributed by atoms with van der Waals surface area (Å²) in [4.78, 5) is 26.5. The summed E-state index contributed by atoms with van der Waals surface area (Å²) in [7, 11) is 5.51. The Morgan fingerprint density at radius 2 is 2.05 bits per heavy atom. The van der Waals surface area contributed by atoms with Gasteiger partial charge in [-0.3, -0.25) is 9.69 Å². The maximum Gasteiger partial charge on any atom is 0.410 e. The van der Waals surface area contributed by atoms with Crippen molar-refractivity contribution in [3.63, 3.8) is 0 Å². The number of carbonyl (C=O) groups is 2. The molecular formula is C14H19N3O3. The van der Waals surface area contributed by atoms with E-state index in [1.807, 2.05) is 43.3 Å². The zero-order valence-electron chi connectivity index (χ0n) is 11.9. The van der Waals surface area contributed by atoms with Gasteiger partial charge >= 0.3 is 6.09 Å². The summed E-state index contributed by atoms with van der Waals surface area (Å²) in [6, 6.07) is 7.39. The van der Waals surface area contributed by atoms with Crippen LogP contribution in [0.4, 0.5) is 10.5 Å². The zero-order valence-corrected chi connectivity index (χ0v) is 11.9. The van der Waals surface area contributed by atoms with E-state index in [1.165, 1.54) is 4.90 Å². The van der Waals surface area contributed by atoms with Crippen LogP contribution in [0.2, 0.25) is 0 Å². The summed E-state index contributed by atoms with van der Waals surface area (Å²) < 4.78 is 4.81. The molecule has 2 amide bonds. The Morgan fingerprint density at radius 3 is 2.55 bits per heavy atom. The summed E-state index contributed by atoms with van der Waals surface area (Å²) in [5.41, 5.74) is 2.12. The van der Waals surface area contributed by atoms with Gasteiger partial charge < -0.3 is 15.0 Å². The van der Waals surface area contributed by atoms with Gasteiger partial charge in [-0.25, -0.2) is 4.79 Å². The summed E-state index contributed by atoms with van der Waals surface area (Å²) in [6.07, 6.45) is -0.458. The molecule has 0 saturated carbocycles. The molecule has 6 heteroatoms. The van der Waals surface area contributed by atoms with Gasteiger partial charge in [-0.15, -0.1) is 0 Å². The summed E-state index contributed by atoms with van der Waals surface area (Å²) in [6.45, 7) is 0.547. The van der Waals surface area contributed by atoms with Crippen molar-refractivity contribution in [3.8, 4) is 0 Å². The molecule has 1 atom stereocenters. The van der Waals surface area contributed by atoms with Crippen LogP contribution in [0.5, 0.6) is 0 Å². The lowest BCUT2D eigenvalue weighted by molar-refractivity contribution is -0.124. The van der Waals surface area contributed by atoms with Crippen molar-refractivity contribution in [2.75, 3.05) is 32.6 Å². The quantitative estimate of drug-likeness (QED) is 0.885. The van der Waals surface area contributed by atoms with Gasteiger partial charge in [0.25, 0.3) is 0 Å². The lowest BCUT2D eigenvalue weighted by atomic mass is 10.2.